The zero-order valence-electron chi connectivity index (χ0n) is 17.8. The van der Waals surface area contributed by atoms with Crippen LogP contribution < -0.4 is 19.9 Å². The topological polar surface area (TPSA) is 91.0 Å². The first-order valence-electron chi connectivity index (χ1n) is 10.5. The van der Waals surface area contributed by atoms with Crippen LogP contribution in [-0.4, -0.2) is 37.4 Å². The molecule has 0 bridgehead atoms. The Morgan fingerprint density at radius 2 is 1.64 bits per heavy atom. The Kier molecular flexibility index (Phi) is 11.4. The van der Waals surface area contributed by atoms with Crippen molar-refractivity contribution in [2.75, 3.05) is 26.4 Å². The molecule has 1 rings (SSSR count). The molecule has 0 fully saturated rings. The molecule has 0 aliphatic rings. The minimum Gasteiger partial charge on any atom is -0.493 e. The summed E-state index contributed by atoms with van der Waals surface area (Å²) in [5.41, 5.74) is 6.65. The fraction of sp³-hybridized carbons (Fsp3) is 0.682. The molecule has 1 aromatic carbocycles. The largest absolute Gasteiger partial charge is 0.493 e. The van der Waals surface area contributed by atoms with Crippen LogP contribution in [0.2, 0.25) is 0 Å². The average Bonchev–Trinajstić information content (AvgIpc) is 2.68. The Morgan fingerprint density at radius 1 is 1.04 bits per heavy atom. The highest BCUT2D eigenvalue weighted by atomic mass is 16.5. The summed E-state index contributed by atoms with van der Waals surface area (Å²) >= 11 is 0. The second-order valence-electron chi connectivity index (χ2n) is 6.84. The minimum absolute atomic E-state index is 0.186. The van der Waals surface area contributed by atoms with E-state index in [2.05, 4.69) is 6.92 Å². The molecule has 160 valence electrons. The first-order valence-corrected chi connectivity index (χ1v) is 10.5. The summed E-state index contributed by atoms with van der Waals surface area (Å²) in [5, 5.41) is 9.27. The molecule has 28 heavy (non-hydrogen) atoms. The molecule has 0 heterocycles. The van der Waals surface area contributed by atoms with E-state index in [4.69, 9.17) is 19.9 Å². The monoisotopic (exact) mass is 395 g/mol. The van der Waals surface area contributed by atoms with Gasteiger partial charge in [0.2, 0.25) is 0 Å². The van der Waals surface area contributed by atoms with Crippen molar-refractivity contribution in [2.45, 2.75) is 59.8 Å². The highest BCUT2D eigenvalue weighted by Crippen LogP contribution is 2.39. The van der Waals surface area contributed by atoms with Gasteiger partial charge in [-0.15, -0.1) is 0 Å². The fourth-order valence-electron chi connectivity index (χ4n) is 3.44. The molecule has 2 unspecified atom stereocenters. The standard InChI is InChI=1S/C22H37NO5/c1-5-16(14-17(15-23)22(24)25)10-9-11-18-19(26-6-2)12-13-20(27-7-3)21(18)28-8-4/h12-13,16-17H,5-11,14-15,23H2,1-4H3,(H,24,25). The number of carbonyl (C=O) groups is 1. The molecule has 3 N–H and O–H groups in total. The van der Waals surface area contributed by atoms with Crippen LogP contribution in [0.15, 0.2) is 12.1 Å². The summed E-state index contributed by atoms with van der Waals surface area (Å²) in [4.78, 5) is 11.3. The van der Waals surface area contributed by atoms with Gasteiger partial charge in [0.05, 0.1) is 25.7 Å². The minimum atomic E-state index is -0.803. The van der Waals surface area contributed by atoms with Crippen molar-refractivity contribution in [3.63, 3.8) is 0 Å². The van der Waals surface area contributed by atoms with Gasteiger partial charge in [0, 0.05) is 12.1 Å². The van der Waals surface area contributed by atoms with Crippen molar-refractivity contribution in [1.29, 1.82) is 0 Å². The van der Waals surface area contributed by atoms with Gasteiger partial charge in [0.15, 0.2) is 11.5 Å². The Hall–Kier alpha value is -1.95. The Labute approximate surface area is 169 Å². The highest BCUT2D eigenvalue weighted by molar-refractivity contribution is 5.70. The van der Waals surface area contributed by atoms with Gasteiger partial charge in [-0.1, -0.05) is 19.8 Å². The molecule has 1 aromatic rings. The number of hydrogen-bond acceptors (Lipinski definition) is 5. The van der Waals surface area contributed by atoms with Crippen molar-refractivity contribution in [1.82, 2.24) is 0 Å². The van der Waals surface area contributed by atoms with E-state index in [1.165, 1.54) is 0 Å². The maximum atomic E-state index is 11.3. The normalized spacial score (nSPS) is 13.0. The molecule has 0 aliphatic heterocycles. The Balaban J connectivity index is 2.92. The van der Waals surface area contributed by atoms with E-state index in [-0.39, 0.29) is 6.54 Å². The van der Waals surface area contributed by atoms with Crippen LogP contribution >= 0.6 is 0 Å². The van der Waals surface area contributed by atoms with Crippen LogP contribution in [0.4, 0.5) is 0 Å². The average molecular weight is 396 g/mol. The number of hydrogen-bond donors (Lipinski definition) is 2. The number of ether oxygens (including phenoxy) is 3. The molecule has 0 saturated heterocycles. The molecule has 0 saturated carbocycles. The first kappa shape index (κ1) is 24.1. The van der Waals surface area contributed by atoms with Crippen molar-refractivity contribution < 1.29 is 24.1 Å². The van der Waals surface area contributed by atoms with Crippen LogP contribution in [0, 0.1) is 11.8 Å². The van der Waals surface area contributed by atoms with Crippen molar-refractivity contribution in [2.24, 2.45) is 17.6 Å². The number of aliphatic carboxylic acids is 1. The second-order valence-corrected chi connectivity index (χ2v) is 6.84. The van der Waals surface area contributed by atoms with Gasteiger partial charge in [-0.05, 0) is 58.1 Å². The van der Waals surface area contributed by atoms with Crippen molar-refractivity contribution >= 4 is 5.97 Å². The lowest BCUT2D eigenvalue weighted by atomic mass is 9.88. The van der Waals surface area contributed by atoms with Crippen molar-refractivity contribution in [3.8, 4) is 17.2 Å². The van der Waals surface area contributed by atoms with E-state index in [1.807, 2.05) is 32.9 Å². The van der Waals surface area contributed by atoms with E-state index in [9.17, 15) is 9.90 Å². The van der Waals surface area contributed by atoms with Gasteiger partial charge in [-0.25, -0.2) is 0 Å². The molecule has 2 atom stereocenters. The van der Waals surface area contributed by atoms with Crippen LogP contribution in [0.25, 0.3) is 0 Å². The molecule has 0 spiro atoms. The predicted octanol–water partition coefficient (Wildman–Crippen LogP) is 4.28. The molecule has 0 amide bonds. The molecule has 0 aliphatic carbocycles. The third-order valence-corrected chi connectivity index (χ3v) is 4.94. The Morgan fingerprint density at radius 3 is 2.18 bits per heavy atom. The van der Waals surface area contributed by atoms with E-state index < -0.39 is 11.9 Å². The van der Waals surface area contributed by atoms with Gasteiger partial charge in [-0.2, -0.15) is 0 Å². The predicted molar refractivity (Wildman–Crippen MR) is 111 cm³/mol. The van der Waals surface area contributed by atoms with Crippen LogP contribution in [0.1, 0.15) is 58.9 Å². The summed E-state index contributed by atoms with van der Waals surface area (Å²) in [7, 11) is 0. The number of rotatable bonds is 15. The zero-order valence-corrected chi connectivity index (χ0v) is 17.8. The molecule has 6 nitrogen and oxygen atoms in total. The van der Waals surface area contributed by atoms with Gasteiger partial charge in [0.25, 0.3) is 0 Å². The molecular formula is C22H37NO5. The smallest absolute Gasteiger partial charge is 0.307 e. The molecule has 0 radical (unpaired) electrons. The van der Waals surface area contributed by atoms with Gasteiger partial charge in [0.1, 0.15) is 5.75 Å². The van der Waals surface area contributed by atoms with Crippen molar-refractivity contribution in [3.05, 3.63) is 17.7 Å². The van der Waals surface area contributed by atoms with Gasteiger partial charge < -0.3 is 25.1 Å². The summed E-state index contributed by atoms with van der Waals surface area (Å²) in [6.07, 6.45) is 4.22. The summed E-state index contributed by atoms with van der Waals surface area (Å²) in [5.74, 6) is 1.39. The highest BCUT2D eigenvalue weighted by Gasteiger charge is 2.21. The van der Waals surface area contributed by atoms with E-state index in [0.717, 1.165) is 48.5 Å². The van der Waals surface area contributed by atoms with Gasteiger partial charge in [-0.3, -0.25) is 4.79 Å². The second kappa shape index (κ2) is 13.3. The van der Waals surface area contributed by atoms with Crippen LogP contribution in [-0.2, 0) is 11.2 Å². The summed E-state index contributed by atoms with van der Waals surface area (Å²) in [6, 6.07) is 3.84. The lowest BCUT2D eigenvalue weighted by Gasteiger charge is -2.21. The number of carboxylic acid groups (broad SMARTS) is 1. The van der Waals surface area contributed by atoms with E-state index in [1.54, 1.807) is 0 Å². The summed E-state index contributed by atoms with van der Waals surface area (Å²) < 4.78 is 17.5. The maximum Gasteiger partial charge on any atom is 0.307 e. The van der Waals surface area contributed by atoms with Crippen LogP contribution in [0.3, 0.4) is 0 Å². The number of carboxylic acids is 1. The maximum absolute atomic E-state index is 11.3. The van der Waals surface area contributed by atoms with E-state index in [0.29, 0.717) is 32.2 Å². The van der Waals surface area contributed by atoms with Gasteiger partial charge >= 0.3 is 5.97 Å². The zero-order chi connectivity index (χ0) is 20.9. The quantitative estimate of drug-likeness (QED) is 0.460. The third kappa shape index (κ3) is 7.23. The summed E-state index contributed by atoms with van der Waals surface area (Å²) in [6.45, 7) is 9.87. The number of benzene rings is 1. The molecular weight excluding hydrogens is 358 g/mol. The Bertz CT molecular complexity index is 591. The van der Waals surface area contributed by atoms with E-state index >= 15 is 0 Å². The first-order chi connectivity index (χ1) is 13.5. The molecule has 0 aromatic heterocycles. The lowest BCUT2D eigenvalue weighted by Crippen LogP contribution is -2.25. The third-order valence-electron chi connectivity index (χ3n) is 4.94. The fourth-order valence-corrected chi connectivity index (χ4v) is 3.44. The van der Waals surface area contributed by atoms with Crippen LogP contribution in [0.5, 0.6) is 17.2 Å². The molecule has 6 heteroatoms. The lowest BCUT2D eigenvalue weighted by molar-refractivity contribution is -0.142. The number of nitrogens with two attached hydrogens (primary N) is 1. The SMILES string of the molecule is CCOc1ccc(OCC)c(OCC)c1CCCC(CC)CC(CN)C(=O)O.